The average Bonchev–Trinajstić information content (AvgIpc) is 2.24. The van der Waals surface area contributed by atoms with E-state index in [0.29, 0.717) is 6.42 Å². The molecule has 1 atom stereocenters. The molecule has 0 heterocycles. The van der Waals surface area contributed by atoms with Crippen LogP contribution in [0, 0.1) is 0 Å². The van der Waals surface area contributed by atoms with Gasteiger partial charge in [0, 0.05) is 13.0 Å². The third kappa shape index (κ3) is 8.06. The second kappa shape index (κ2) is 8.37. The van der Waals surface area contributed by atoms with Crippen molar-refractivity contribution in [2.45, 2.75) is 32.7 Å². The van der Waals surface area contributed by atoms with Crippen LogP contribution in [0.15, 0.2) is 0 Å². The first-order chi connectivity index (χ1) is 7.97. The number of carboxylic acid groups (broad SMARTS) is 1. The summed E-state index contributed by atoms with van der Waals surface area (Å²) >= 11 is 0. The van der Waals surface area contributed by atoms with Gasteiger partial charge in [0.1, 0.15) is 6.04 Å². The molecular formula is C10H18N2O5. The number of ether oxygens (including phenoxy) is 1. The molecule has 0 aromatic carbocycles. The predicted octanol–water partition coefficient (Wildman–Crippen LogP) is 0.102. The highest BCUT2D eigenvalue weighted by molar-refractivity contribution is 5.83. The lowest BCUT2D eigenvalue weighted by atomic mass is 10.3. The predicted molar refractivity (Wildman–Crippen MR) is 59.5 cm³/mol. The normalized spacial score (nSPS) is 11.4. The van der Waals surface area contributed by atoms with Gasteiger partial charge >= 0.3 is 18.0 Å². The van der Waals surface area contributed by atoms with Crippen LogP contribution in [0.3, 0.4) is 0 Å². The number of carboxylic acids is 1. The van der Waals surface area contributed by atoms with Crippen LogP contribution in [-0.2, 0) is 14.3 Å². The minimum atomic E-state index is -0.910. The lowest BCUT2D eigenvalue weighted by Gasteiger charge is -2.13. The molecule has 0 aliphatic carbocycles. The lowest BCUT2D eigenvalue weighted by molar-refractivity contribution is -0.144. The van der Waals surface area contributed by atoms with E-state index in [1.807, 2.05) is 0 Å². The first-order valence-electron chi connectivity index (χ1n) is 5.40. The van der Waals surface area contributed by atoms with Gasteiger partial charge in [0.05, 0.1) is 6.61 Å². The summed E-state index contributed by atoms with van der Waals surface area (Å²) in [5.41, 5.74) is 0. The Bertz CT molecular complexity index is 280. The summed E-state index contributed by atoms with van der Waals surface area (Å²) in [5.74, 6) is -1.42. The maximum absolute atomic E-state index is 11.2. The van der Waals surface area contributed by atoms with Crippen molar-refractivity contribution >= 4 is 18.0 Å². The fourth-order valence-electron chi connectivity index (χ4n) is 1.02. The number of nitrogens with one attached hydrogen (secondary N) is 2. The summed E-state index contributed by atoms with van der Waals surface area (Å²) < 4.78 is 4.70. The van der Waals surface area contributed by atoms with Crippen molar-refractivity contribution in [3.8, 4) is 0 Å². The molecule has 3 N–H and O–H groups in total. The van der Waals surface area contributed by atoms with Crippen LogP contribution in [0.5, 0.6) is 0 Å². The summed E-state index contributed by atoms with van der Waals surface area (Å²) in [6.45, 7) is 3.68. The molecule has 0 aromatic rings. The number of hydrogen-bond donors (Lipinski definition) is 3. The van der Waals surface area contributed by atoms with Gasteiger partial charge in [-0.25, -0.2) is 9.59 Å². The summed E-state index contributed by atoms with van der Waals surface area (Å²) in [7, 11) is 0. The van der Waals surface area contributed by atoms with Crippen LogP contribution in [0.4, 0.5) is 4.79 Å². The monoisotopic (exact) mass is 246 g/mol. The second-order valence-corrected chi connectivity index (χ2v) is 3.37. The Hall–Kier alpha value is -1.79. The second-order valence-electron chi connectivity index (χ2n) is 3.37. The third-order valence-corrected chi connectivity index (χ3v) is 1.84. The third-order valence-electron chi connectivity index (χ3n) is 1.84. The molecule has 0 aliphatic heterocycles. The number of urea groups is 1. The Kier molecular flexibility index (Phi) is 7.49. The Balaban J connectivity index is 3.71. The number of amides is 2. The van der Waals surface area contributed by atoms with Crippen molar-refractivity contribution in [2.75, 3.05) is 13.2 Å². The van der Waals surface area contributed by atoms with E-state index in [4.69, 9.17) is 9.84 Å². The van der Waals surface area contributed by atoms with E-state index in [1.165, 1.54) is 6.92 Å². The van der Waals surface area contributed by atoms with Crippen LogP contribution in [0.2, 0.25) is 0 Å². The van der Waals surface area contributed by atoms with Crippen molar-refractivity contribution in [2.24, 2.45) is 0 Å². The molecule has 0 saturated carbocycles. The molecule has 7 nitrogen and oxygen atoms in total. The highest BCUT2D eigenvalue weighted by Crippen LogP contribution is 1.89. The van der Waals surface area contributed by atoms with Gasteiger partial charge in [-0.3, -0.25) is 4.79 Å². The van der Waals surface area contributed by atoms with Gasteiger partial charge in [0.25, 0.3) is 0 Å². The molecule has 98 valence electrons. The van der Waals surface area contributed by atoms with Crippen molar-refractivity contribution in [3.63, 3.8) is 0 Å². The van der Waals surface area contributed by atoms with E-state index in [1.54, 1.807) is 6.92 Å². The van der Waals surface area contributed by atoms with Crippen LogP contribution in [0.25, 0.3) is 0 Å². The first kappa shape index (κ1) is 15.2. The molecule has 17 heavy (non-hydrogen) atoms. The summed E-state index contributed by atoms with van der Waals surface area (Å²) in [6.07, 6.45) is 0.338. The Morgan fingerprint density at radius 2 is 2.00 bits per heavy atom. The molecule has 0 aliphatic rings. The molecule has 0 radical (unpaired) electrons. The highest BCUT2D eigenvalue weighted by atomic mass is 16.5. The smallest absolute Gasteiger partial charge is 0.328 e. The van der Waals surface area contributed by atoms with Crippen molar-refractivity contribution in [1.29, 1.82) is 0 Å². The van der Waals surface area contributed by atoms with Crippen molar-refractivity contribution in [1.82, 2.24) is 10.6 Å². The minimum Gasteiger partial charge on any atom is -0.481 e. The number of hydrogen-bond acceptors (Lipinski definition) is 4. The SMILES string of the molecule is CCOC(=O)C(C)NC(=O)NCCCC(=O)O. The summed E-state index contributed by atoms with van der Waals surface area (Å²) in [6, 6.07) is -1.25. The Morgan fingerprint density at radius 1 is 1.35 bits per heavy atom. The van der Waals surface area contributed by atoms with Gasteiger partial charge < -0.3 is 20.5 Å². The van der Waals surface area contributed by atoms with Gasteiger partial charge in [0.15, 0.2) is 0 Å². The van der Waals surface area contributed by atoms with Gasteiger partial charge in [0.2, 0.25) is 0 Å². The van der Waals surface area contributed by atoms with Gasteiger partial charge in [-0.2, -0.15) is 0 Å². The quantitative estimate of drug-likeness (QED) is 0.436. The zero-order valence-electron chi connectivity index (χ0n) is 9.99. The van der Waals surface area contributed by atoms with Crippen LogP contribution in [-0.4, -0.2) is 42.3 Å². The fourth-order valence-corrected chi connectivity index (χ4v) is 1.02. The van der Waals surface area contributed by atoms with E-state index in [9.17, 15) is 14.4 Å². The van der Waals surface area contributed by atoms with Crippen LogP contribution < -0.4 is 10.6 Å². The zero-order valence-corrected chi connectivity index (χ0v) is 9.99. The zero-order chi connectivity index (χ0) is 13.3. The van der Waals surface area contributed by atoms with Gasteiger partial charge in [-0.15, -0.1) is 0 Å². The van der Waals surface area contributed by atoms with Crippen LogP contribution in [0.1, 0.15) is 26.7 Å². The summed E-state index contributed by atoms with van der Waals surface area (Å²) in [5, 5.41) is 13.2. The minimum absolute atomic E-state index is 0.00624. The molecule has 7 heteroatoms. The number of carbonyl (C=O) groups is 3. The Labute approximate surface area is 99.5 Å². The topological polar surface area (TPSA) is 105 Å². The molecule has 0 aromatic heterocycles. The van der Waals surface area contributed by atoms with Crippen molar-refractivity contribution < 1.29 is 24.2 Å². The molecule has 0 bridgehead atoms. The molecular weight excluding hydrogens is 228 g/mol. The summed E-state index contributed by atoms with van der Waals surface area (Å²) in [4.78, 5) is 32.6. The van der Waals surface area contributed by atoms with Gasteiger partial charge in [-0.1, -0.05) is 0 Å². The maximum Gasteiger partial charge on any atom is 0.328 e. The first-order valence-corrected chi connectivity index (χ1v) is 5.40. The average molecular weight is 246 g/mol. The van der Waals surface area contributed by atoms with E-state index in [2.05, 4.69) is 10.6 Å². The molecule has 0 rings (SSSR count). The van der Waals surface area contributed by atoms with E-state index in [-0.39, 0.29) is 19.6 Å². The molecule has 1 unspecified atom stereocenters. The number of aliphatic carboxylic acids is 1. The molecule has 0 fully saturated rings. The van der Waals surface area contributed by atoms with E-state index >= 15 is 0 Å². The van der Waals surface area contributed by atoms with E-state index < -0.39 is 24.0 Å². The fraction of sp³-hybridized carbons (Fsp3) is 0.700. The highest BCUT2D eigenvalue weighted by Gasteiger charge is 2.15. The standard InChI is InChI=1S/C10H18N2O5/c1-3-17-9(15)7(2)12-10(16)11-6-4-5-8(13)14/h7H,3-6H2,1-2H3,(H,13,14)(H2,11,12,16). The maximum atomic E-state index is 11.2. The van der Waals surface area contributed by atoms with Crippen molar-refractivity contribution in [3.05, 3.63) is 0 Å². The molecule has 2 amide bonds. The molecule has 0 saturated heterocycles. The number of carbonyl (C=O) groups excluding carboxylic acids is 2. The Morgan fingerprint density at radius 3 is 2.53 bits per heavy atom. The largest absolute Gasteiger partial charge is 0.481 e. The van der Waals surface area contributed by atoms with E-state index in [0.717, 1.165) is 0 Å². The van der Waals surface area contributed by atoms with Crippen LogP contribution >= 0.6 is 0 Å². The lowest BCUT2D eigenvalue weighted by Crippen LogP contribution is -2.45. The number of esters is 1. The molecule has 0 spiro atoms. The number of rotatable bonds is 7. The van der Waals surface area contributed by atoms with Gasteiger partial charge in [-0.05, 0) is 20.3 Å².